The second kappa shape index (κ2) is 4.48. The van der Waals surface area contributed by atoms with E-state index in [-0.39, 0.29) is 10.8 Å². The highest BCUT2D eigenvalue weighted by Crippen LogP contribution is 2.61. The minimum Gasteiger partial charge on any atom is -0.242 e. The number of hydrogen-bond donors (Lipinski definition) is 0. The first kappa shape index (κ1) is 14.3. The molecule has 0 aliphatic carbocycles. The molecule has 0 saturated carbocycles. The van der Waals surface area contributed by atoms with Crippen molar-refractivity contribution in [1.29, 1.82) is 0 Å². The maximum absolute atomic E-state index is 12.4. The highest BCUT2D eigenvalue weighted by molar-refractivity contribution is 7.84. The lowest BCUT2D eigenvalue weighted by Crippen LogP contribution is -2.28. The standard InChI is InChI=1S/C13H17Cl2NOS/c1-9-5-7-10(8-6-9)11-13(14,15)16(11)18(17)12(2,3)4/h5-8,11H,1-4H3/t11-,16?,18?/m0/s1. The predicted molar refractivity (Wildman–Crippen MR) is 78.1 cm³/mol. The molecule has 0 N–H and O–H groups in total. The van der Waals surface area contributed by atoms with Crippen LogP contribution in [-0.2, 0) is 11.0 Å². The molecule has 0 bridgehead atoms. The molecule has 0 radical (unpaired) electrons. The Balaban J connectivity index is 2.26. The summed E-state index contributed by atoms with van der Waals surface area (Å²) in [6, 6.07) is 7.80. The van der Waals surface area contributed by atoms with Gasteiger partial charge in [0.15, 0.2) is 0 Å². The third-order valence-electron chi connectivity index (χ3n) is 2.89. The van der Waals surface area contributed by atoms with Crippen LogP contribution >= 0.6 is 23.2 Å². The highest BCUT2D eigenvalue weighted by Gasteiger charge is 2.66. The van der Waals surface area contributed by atoms with Crippen molar-refractivity contribution in [2.45, 2.75) is 42.9 Å². The molecule has 1 heterocycles. The summed E-state index contributed by atoms with van der Waals surface area (Å²) in [7, 11) is -1.21. The van der Waals surface area contributed by atoms with Crippen LogP contribution < -0.4 is 0 Å². The van der Waals surface area contributed by atoms with Gasteiger partial charge in [0, 0.05) is 0 Å². The van der Waals surface area contributed by atoms with E-state index in [1.165, 1.54) is 5.56 Å². The quantitative estimate of drug-likeness (QED) is 0.460. The van der Waals surface area contributed by atoms with Crippen LogP contribution in [0.2, 0.25) is 0 Å². The highest BCUT2D eigenvalue weighted by atomic mass is 35.5. The van der Waals surface area contributed by atoms with Crippen molar-refractivity contribution in [3.63, 3.8) is 0 Å². The molecule has 2 rings (SSSR count). The van der Waals surface area contributed by atoms with E-state index in [1.54, 1.807) is 4.31 Å². The summed E-state index contributed by atoms with van der Waals surface area (Å²) in [6.07, 6.45) is 0. The summed E-state index contributed by atoms with van der Waals surface area (Å²) >= 11 is 12.5. The van der Waals surface area contributed by atoms with Gasteiger partial charge in [-0.15, -0.1) is 0 Å². The minimum atomic E-state index is -1.21. The van der Waals surface area contributed by atoms with E-state index in [4.69, 9.17) is 23.2 Å². The zero-order valence-electron chi connectivity index (χ0n) is 10.9. The Morgan fingerprint density at radius 2 is 1.72 bits per heavy atom. The third kappa shape index (κ3) is 2.46. The molecular weight excluding hydrogens is 289 g/mol. The average Bonchev–Trinajstić information content (AvgIpc) is 2.80. The molecule has 18 heavy (non-hydrogen) atoms. The Morgan fingerprint density at radius 3 is 2.17 bits per heavy atom. The van der Waals surface area contributed by atoms with Crippen molar-refractivity contribution in [2.24, 2.45) is 0 Å². The summed E-state index contributed by atoms with van der Waals surface area (Å²) in [5, 5.41) is 0. The molecule has 1 fully saturated rings. The monoisotopic (exact) mass is 305 g/mol. The normalized spacial score (nSPS) is 27.9. The average molecular weight is 306 g/mol. The fourth-order valence-electron chi connectivity index (χ4n) is 1.81. The van der Waals surface area contributed by atoms with Crippen LogP contribution in [0.1, 0.15) is 37.9 Å². The molecule has 1 aliphatic rings. The number of hydrogen-bond acceptors (Lipinski definition) is 1. The summed E-state index contributed by atoms with van der Waals surface area (Å²) in [5.74, 6) is 0. The third-order valence-corrected chi connectivity index (χ3v) is 5.77. The van der Waals surface area contributed by atoms with Crippen molar-refractivity contribution in [1.82, 2.24) is 4.31 Å². The Bertz CT molecular complexity index is 479. The van der Waals surface area contributed by atoms with E-state index < -0.39 is 15.4 Å². The summed E-state index contributed by atoms with van der Waals surface area (Å²) < 4.78 is 12.6. The van der Waals surface area contributed by atoms with Gasteiger partial charge in [-0.05, 0) is 33.3 Å². The molecule has 0 spiro atoms. The van der Waals surface area contributed by atoms with E-state index in [1.807, 2.05) is 52.0 Å². The first-order valence-electron chi connectivity index (χ1n) is 5.81. The topological polar surface area (TPSA) is 20.1 Å². The maximum atomic E-state index is 12.4. The Kier molecular flexibility index (Phi) is 3.56. The largest absolute Gasteiger partial charge is 0.242 e. The van der Waals surface area contributed by atoms with Crippen LogP contribution in [0.15, 0.2) is 24.3 Å². The maximum Gasteiger partial charge on any atom is 0.203 e. The molecule has 0 amide bonds. The van der Waals surface area contributed by atoms with Gasteiger partial charge in [-0.3, -0.25) is 0 Å². The lowest BCUT2D eigenvalue weighted by atomic mass is 10.1. The second-order valence-corrected chi connectivity index (χ2v) is 9.05. The summed E-state index contributed by atoms with van der Waals surface area (Å²) in [5.41, 5.74) is 2.18. The van der Waals surface area contributed by atoms with Gasteiger partial charge in [-0.25, -0.2) is 4.21 Å². The van der Waals surface area contributed by atoms with Gasteiger partial charge in [-0.2, -0.15) is 4.31 Å². The molecular formula is C13H17Cl2NOS. The Labute approximate surface area is 121 Å². The molecule has 2 nitrogen and oxygen atoms in total. The number of nitrogens with zero attached hydrogens (tertiary/aromatic N) is 1. The van der Waals surface area contributed by atoms with Gasteiger partial charge in [0.1, 0.15) is 11.0 Å². The van der Waals surface area contributed by atoms with Crippen LogP contribution in [0.4, 0.5) is 0 Å². The molecule has 2 unspecified atom stereocenters. The molecule has 1 saturated heterocycles. The summed E-state index contributed by atoms with van der Waals surface area (Å²) in [4.78, 5) is 0. The van der Waals surface area contributed by atoms with E-state index >= 15 is 0 Å². The van der Waals surface area contributed by atoms with Gasteiger partial charge in [0.2, 0.25) is 4.46 Å². The second-order valence-electron chi connectivity index (χ2n) is 5.59. The zero-order valence-corrected chi connectivity index (χ0v) is 13.2. The van der Waals surface area contributed by atoms with Crippen LogP contribution in [0.3, 0.4) is 0 Å². The number of benzene rings is 1. The first-order chi connectivity index (χ1) is 8.15. The molecule has 1 aliphatic heterocycles. The number of halogens is 2. The zero-order chi connectivity index (χ0) is 13.7. The van der Waals surface area contributed by atoms with Crippen molar-refractivity contribution < 1.29 is 4.21 Å². The van der Waals surface area contributed by atoms with E-state index in [0.29, 0.717) is 0 Å². The van der Waals surface area contributed by atoms with Crippen molar-refractivity contribution in [2.75, 3.05) is 0 Å². The van der Waals surface area contributed by atoms with Crippen molar-refractivity contribution >= 4 is 34.2 Å². The van der Waals surface area contributed by atoms with E-state index in [2.05, 4.69) is 0 Å². The van der Waals surface area contributed by atoms with Crippen LogP contribution in [0, 0.1) is 6.92 Å². The van der Waals surface area contributed by atoms with Crippen LogP contribution in [0.5, 0.6) is 0 Å². The molecule has 100 valence electrons. The molecule has 1 aromatic rings. The molecule has 1 aromatic carbocycles. The van der Waals surface area contributed by atoms with Crippen LogP contribution in [0.25, 0.3) is 0 Å². The summed E-state index contributed by atoms with van der Waals surface area (Å²) in [6.45, 7) is 7.77. The van der Waals surface area contributed by atoms with Crippen LogP contribution in [-0.4, -0.2) is 17.7 Å². The molecule has 5 heteroatoms. The van der Waals surface area contributed by atoms with Gasteiger partial charge in [0.25, 0.3) is 0 Å². The Hall–Kier alpha value is -0.0900. The van der Waals surface area contributed by atoms with Gasteiger partial charge < -0.3 is 0 Å². The molecule has 3 atom stereocenters. The first-order valence-corrected chi connectivity index (χ1v) is 7.67. The fraction of sp³-hybridized carbons (Fsp3) is 0.538. The van der Waals surface area contributed by atoms with E-state index in [9.17, 15) is 4.21 Å². The van der Waals surface area contributed by atoms with Crippen molar-refractivity contribution in [3.8, 4) is 0 Å². The number of rotatable bonds is 2. The smallest absolute Gasteiger partial charge is 0.203 e. The lowest BCUT2D eigenvalue weighted by molar-refractivity contribution is 0.603. The SMILES string of the molecule is Cc1ccc([C@@H]2N(S(=O)C(C)(C)C)C2(Cl)Cl)cc1. The van der Waals surface area contributed by atoms with Gasteiger partial charge >= 0.3 is 0 Å². The molecule has 0 aromatic heterocycles. The predicted octanol–water partition coefficient (Wildman–Crippen LogP) is 3.95. The minimum absolute atomic E-state index is 0.193. The van der Waals surface area contributed by atoms with E-state index in [0.717, 1.165) is 5.56 Å². The fourth-order valence-corrected chi connectivity index (χ4v) is 4.18. The number of alkyl halides is 2. The lowest BCUT2D eigenvalue weighted by Gasteiger charge is -2.18. The van der Waals surface area contributed by atoms with Gasteiger partial charge in [-0.1, -0.05) is 53.0 Å². The van der Waals surface area contributed by atoms with Crippen molar-refractivity contribution in [3.05, 3.63) is 35.4 Å². The number of aryl methyl sites for hydroxylation is 1. The van der Waals surface area contributed by atoms with Gasteiger partial charge in [0.05, 0.1) is 10.8 Å². The Morgan fingerprint density at radius 1 is 1.22 bits per heavy atom.